The fourth-order valence-electron chi connectivity index (χ4n) is 2.40. The second-order valence-corrected chi connectivity index (χ2v) is 6.40. The molecule has 22 heavy (non-hydrogen) atoms. The molecule has 2 aromatic rings. The summed E-state index contributed by atoms with van der Waals surface area (Å²) in [4.78, 5) is 11.6. The third-order valence-corrected chi connectivity index (χ3v) is 4.30. The number of halogens is 2. The summed E-state index contributed by atoms with van der Waals surface area (Å²) in [6.45, 7) is 3.88. The van der Waals surface area contributed by atoms with Gasteiger partial charge in [0, 0.05) is 35.4 Å². The third kappa shape index (κ3) is 3.62. The fraction of sp³-hybridized carbons (Fsp3) is 0.467. The minimum Gasteiger partial charge on any atom is -0.378 e. The molecule has 3 rings (SSSR count). The topological polar surface area (TPSA) is 50.3 Å². The van der Waals surface area contributed by atoms with Crippen molar-refractivity contribution in [3.63, 3.8) is 0 Å². The van der Waals surface area contributed by atoms with E-state index >= 15 is 0 Å². The molecule has 0 aliphatic carbocycles. The lowest BCUT2D eigenvalue weighted by atomic mass is 10.2. The van der Waals surface area contributed by atoms with Crippen LogP contribution in [0.4, 0.5) is 11.8 Å². The highest BCUT2D eigenvalue weighted by Gasteiger charge is 2.16. The molecule has 1 aromatic heterocycles. The molecule has 118 valence electrons. The first-order valence-corrected chi connectivity index (χ1v) is 8.70. The molecule has 1 N–H and O–H groups in total. The Morgan fingerprint density at radius 3 is 2.86 bits per heavy atom. The van der Waals surface area contributed by atoms with Crippen molar-refractivity contribution < 1.29 is 4.74 Å². The standard InChI is InChI=1S/C15H18BrClN4O/c16-11-2-3-13-12(10-11)14(18-5-1-4-17)20-15(19-13)21-6-8-22-9-7-21/h2-3,10H,1,4-9H2,(H,18,19,20). The molecule has 1 aliphatic heterocycles. The van der Waals surface area contributed by atoms with Crippen LogP contribution < -0.4 is 10.2 Å². The number of anilines is 2. The highest BCUT2D eigenvalue weighted by atomic mass is 79.9. The number of fused-ring (bicyclic) bond motifs is 1. The van der Waals surface area contributed by atoms with Crippen LogP contribution in [0.2, 0.25) is 0 Å². The second-order valence-electron chi connectivity index (χ2n) is 5.10. The molecule has 0 spiro atoms. The number of rotatable bonds is 5. The van der Waals surface area contributed by atoms with Gasteiger partial charge in [-0.25, -0.2) is 4.98 Å². The fourth-order valence-corrected chi connectivity index (χ4v) is 2.90. The highest BCUT2D eigenvalue weighted by Crippen LogP contribution is 2.27. The van der Waals surface area contributed by atoms with Gasteiger partial charge in [0.15, 0.2) is 0 Å². The SMILES string of the molecule is ClCCCNc1nc(N2CCOCC2)nc2ccc(Br)cc12. The average molecular weight is 386 g/mol. The zero-order valence-corrected chi connectivity index (χ0v) is 14.5. The number of morpholine rings is 1. The first kappa shape index (κ1) is 15.8. The van der Waals surface area contributed by atoms with Crippen LogP contribution in [0.3, 0.4) is 0 Å². The Hall–Kier alpha value is -1.11. The zero-order chi connectivity index (χ0) is 15.4. The largest absolute Gasteiger partial charge is 0.378 e. The molecule has 0 saturated carbocycles. The monoisotopic (exact) mass is 384 g/mol. The Kier molecular flexibility index (Phi) is 5.33. The molecule has 1 aliphatic rings. The van der Waals surface area contributed by atoms with E-state index in [1.54, 1.807) is 0 Å². The Balaban J connectivity index is 1.97. The Bertz CT molecular complexity index is 649. The molecular formula is C15H18BrClN4O. The molecule has 0 bridgehead atoms. The van der Waals surface area contributed by atoms with Gasteiger partial charge in [0.2, 0.25) is 5.95 Å². The summed E-state index contributed by atoms with van der Waals surface area (Å²) in [5, 5.41) is 4.40. The van der Waals surface area contributed by atoms with Gasteiger partial charge in [-0.1, -0.05) is 15.9 Å². The van der Waals surface area contributed by atoms with Crippen LogP contribution in [0.5, 0.6) is 0 Å². The van der Waals surface area contributed by atoms with Gasteiger partial charge in [-0.3, -0.25) is 0 Å². The van der Waals surface area contributed by atoms with Crippen molar-refractivity contribution in [3.05, 3.63) is 22.7 Å². The second kappa shape index (κ2) is 7.44. The molecule has 0 unspecified atom stereocenters. The van der Waals surface area contributed by atoms with E-state index < -0.39 is 0 Å². The van der Waals surface area contributed by atoms with Crippen LogP contribution in [0.25, 0.3) is 10.9 Å². The lowest BCUT2D eigenvalue weighted by molar-refractivity contribution is 0.122. The highest BCUT2D eigenvalue weighted by molar-refractivity contribution is 9.10. The third-order valence-electron chi connectivity index (χ3n) is 3.54. The number of ether oxygens (including phenoxy) is 1. The van der Waals surface area contributed by atoms with Gasteiger partial charge in [0.25, 0.3) is 0 Å². The van der Waals surface area contributed by atoms with Gasteiger partial charge < -0.3 is 15.0 Å². The zero-order valence-electron chi connectivity index (χ0n) is 12.2. The number of hydrogen-bond donors (Lipinski definition) is 1. The van der Waals surface area contributed by atoms with Crippen molar-refractivity contribution in [2.45, 2.75) is 6.42 Å². The van der Waals surface area contributed by atoms with Crippen LogP contribution in [0.1, 0.15) is 6.42 Å². The Labute approximate surface area is 143 Å². The van der Waals surface area contributed by atoms with Crippen LogP contribution >= 0.6 is 27.5 Å². The van der Waals surface area contributed by atoms with E-state index in [-0.39, 0.29) is 0 Å². The maximum Gasteiger partial charge on any atom is 0.228 e. The van der Waals surface area contributed by atoms with Gasteiger partial charge in [-0.2, -0.15) is 4.98 Å². The first-order chi connectivity index (χ1) is 10.8. The molecule has 1 saturated heterocycles. The molecule has 1 aromatic carbocycles. The molecule has 1 fully saturated rings. The van der Waals surface area contributed by atoms with Crippen LogP contribution in [0.15, 0.2) is 22.7 Å². The lowest BCUT2D eigenvalue weighted by Crippen LogP contribution is -2.37. The van der Waals surface area contributed by atoms with Crippen LogP contribution in [-0.4, -0.2) is 48.7 Å². The van der Waals surface area contributed by atoms with Crippen molar-refractivity contribution in [2.75, 3.05) is 48.9 Å². The molecular weight excluding hydrogens is 368 g/mol. The number of aromatic nitrogens is 2. The van der Waals surface area contributed by atoms with Crippen LogP contribution in [0, 0.1) is 0 Å². The molecule has 0 atom stereocenters. The number of hydrogen-bond acceptors (Lipinski definition) is 5. The number of benzene rings is 1. The molecule has 7 heteroatoms. The summed E-state index contributed by atoms with van der Waals surface area (Å²) in [6.07, 6.45) is 0.897. The molecule has 2 heterocycles. The number of nitrogens with one attached hydrogen (secondary N) is 1. The van der Waals surface area contributed by atoms with Crippen LogP contribution in [-0.2, 0) is 4.74 Å². The van der Waals surface area contributed by atoms with Crippen molar-refractivity contribution in [3.8, 4) is 0 Å². The van der Waals surface area contributed by atoms with E-state index in [1.807, 2.05) is 18.2 Å². The quantitative estimate of drug-likeness (QED) is 0.632. The Morgan fingerprint density at radius 1 is 1.27 bits per heavy atom. The summed E-state index contributed by atoms with van der Waals surface area (Å²) in [5.41, 5.74) is 0.938. The Morgan fingerprint density at radius 2 is 2.09 bits per heavy atom. The van der Waals surface area contributed by atoms with E-state index in [2.05, 4.69) is 26.1 Å². The van der Waals surface area contributed by atoms with Gasteiger partial charge in [0.05, 0.1) is 18.7 Å². The predicted molar refractivity (Wildman–Crippen MR) is 94.1 cm³/mol. The number of nitrogens with zero attached hydrogens (tertiary/aromatic N) is 3. The minimum atomic E-state index is 0.635. The minimum absolute atomic E-state index is 0.635. The first-order valence-electron chi connectivity index (χ1n) is 7.38. The van der Waals surface area contributed by atoms with Gasteiger partial charge in [-0.05, 0) is 24.6 Å². The van der Waals surface area contributed by atoms with E-state index in [1.165, 1.54) is 0 Å². The summed E-state index contributed by atoms with van der Waals surface area (Å²) in [5.74, 6) is 2.25. The number of alkyl halides is 1. The summed E-state index contributed by atoms with van der Waals surface area (Å²) >= 11 is 9.27. The summed E-state index contributed by atoms with van der Waals surface area (Å²) in [6, 6.07) is 6.06. The van der Waals surface area contributed by atoms with Gasteiger partial charge in [0.1, 0.15) is 5.82 Å². The van der Waals surface area contributed by atoms with Crippen molar-refractivity contribution >= 4 is 50.2 Å². The normalized spacial score (nSPS) is 15.3. The maximum atomic E-state index is 5.76. The average Bonchev–Trinajstić information content (AvgIpc) is 2.56. The molecule has 0 radical (unpaired) electrons. The molecule has 0 amide bonds. The molecule has 5 nitrogen and oxygen atoms in total. The van der Waals surface area contributed by atoms with E-state index in [0.717, 1.165) is 66.4 Å². The van der Waals surface area contributed by atoms with Gasteiger partial charge >= 0.3 is 0 Å². The summed E-state index contributed by atoms with van der Waals surface area (Å²) in [7, 11) is 0. The maximum absolute atomic E-state index is 5.76. The van der Waals surface area contributed by atoms with Crippen molar-refractivity contribution in [1.82, 2.24) is 9.97 Å². The van der Waals surface area contributed by atoms with E-state index in [9.17, 15) is 0 Å². The van der Waals surface area contributed by atoms with Gasteiger partial charge in [-0.15, -0.1) is 11.6 Å². The predicted octanol–water partition coefficient (Wildman–Crippen LogP) is 3.27. The lowest BCUT2D eigenvalue weighted by Gasteiger charge is -2.27. The smallest absolute Gasteiger partial charge is 0.228 e. The van der Waals surface area contributed by atoms with E-state index in [0.29, 0.717) is 5.88 Å². The van der Waals surface area contributed by atoms with E-state index in [4.69, 9.17) is 26.3 Å². The van der Waals surface area contributed by atoms with Crippen molar-refractivity contribution in [2.24, 2.45) is 0 Å². The van der Waals surface area contributed by atoms with Crippen molar-refractivity contribution in [1.29, 1.82) is 0 Å². The summed E-state index contributed by atoms with van der Waals surface area (Å²) < 4.78 is 6.42.